The van der Waals surface area contributed by atoms with Gasteiger partial charge in [0, 0.05) is 6.08 Å². The molecule has 0 radical (unpaired) electrons. The summed E-state index contributed by atoms with van der Waals surface area (Å²) in [6.45, 7) is 21.1. The van der Waals surface area contributed by atoms with Gasteiger partial charge >= 0.3 is 5.97 Å². The summed E-state index contributed by atoms with van der Waals surface area (Å²) in [4.78, 5) is 11.1. The molecule has 3 heteroatoms. The van der Waals surface area contributed by atoms with Gasteiger partial charge in [-0.15, -0.1) is 0 Å². The standard InChI is InChI=1S/C15H22NO2/c1-6-10-16(11-7-2,12-8-3)13-14(5)18-15(17)9-4/h6-9H,1-5,10-13H2/q+1. The molecule has 0 N–H and O–H groups in total. The van der Waals surface area contributed by atoms with Gasteiger partial charge in [0.05, 0.1) is 19.6 Å². The lowest BCUT2D eigenvalue weighted by atomic mass is 10.2. The third kappa shape index (κ3) is 5.46. The second kappa shape index (κ2) is 8.25. The van der Waals surface area contributed by atoms with Gasteiger partial charge in [-0.1, -0.05) is 32.9 Å². The number of nitrogens with zero attached hydrogens (tertiary/aromatic N) is 1. The Bertz CT molecular complexity index is 329. The van der Waals surface area contributed by atoms with Crippen LogP contribution in [0.4, 0.5) is 0 Å². The molecular weight excluding hydrogens is 226 g/mol. The molecule has 0 aromatic rings. The van der Waals surface area contributed by atoms with E-state index in [4.69, 9.17) is 4.74 Å². The van der Waals surface area contributed by atoms with Gasteiger partial charge in [-0.05, 0) is 18.2 Å². The van der Waals surface area contributed by atoms with E-state index in [0.29, 0.717) is 16.8 Å². The molecule has 0 fully saturated rings. The quantitative estimate of drug-likeness (QED) is 0.195. The fourth-order valence-electron chi connectivity index (χ4n) is 1.83. The number of rotatable bonds is 10. The average molecular weight is 248 g/mol. The first-order valence-electron chi connectivity index (χ1n) is 5.73. The molecule has 0 saturated carbocycles. The maximum Gasteiger partial charge on any atom is 0.335 e. The zero-order valence-electron chi connectivity index (χ0n) is 10.9. The maximum atomic E-state index is 11.1. The lowest BCUT2D eigenvalue weighted by molar-refractivity contribution is -0.908. The van der Waals surface area contributed by atoms with Crippen LogP contribution in [0, 0.1) is 0 Å². The molecule has 0 amide bonds. The van der Waals surface area contributed by atoms with Crippen LogP contribution in [0.5, 0.6) is 0 Å². The molecule has 98 valence electrons. The summed E-state index contributed by atoms with van der Waals surface area (Å²) in [5, 5.41) is 0. The number of esters is 1. The van der Waals surface area contributed by atoms with Crippen LogP contribution in [-0.4, -0.2) is 36.6 Å². The Morgan fingerprint density at radius 2 is 1.44 bits per heavy atom. The van der Waals surface area contributed by atoms with Crippen molar-refractivity contribution in [2.75, 3.05) is 26.2 Å². The van der Waals surface area contributed by atoms with Crippen molar-refractivity contribution in [2.24, 2.45) is 0 Å². The van der Waals surface area contributed by atoms with Crippen molar-refractivity contribution >= 4 is 5.97 Å². The number of carbonyl (C=O) groups excluding carboxylic acids is 1. The third-order valence-electron chi connectivity index (χ3n) is 2.47. The molecule has 0 heterocycles. The second-order valence-corrected chi connectivity index (χ2v) is 4.08. The normalized spacial score (nSPS) is 10.2. The Hall–Kier alpha value is -1.87. The lowest BCUT2D eigenvalue weighted by Crippen LogP contribution is -2.49. The van der Waals surface area contributed by atoms with Gasteiger partial charge in [0.25, 0.3) is 0 Å². The molecule has 0 aromatic heterocycles. The smallest absolute Gasteiger partial charge is 0.335 e. The zero-order chi connectivity index (χ0) is 14.0. The van der Waals surface area contributed by atoms with Crippen LogP contribution in [0.15, 0.2) is 63.0 Å². The number of hydrogen-bond acceptors (Lipinski definition) is 2. The molecule has 0 aliphatic carbocycles. The first-order chi connectivity index (χ1) is 8.53. The van der Waals surface area contributed by atoms with Crippen LogP contribution in [0.1, 0.15) is 0 Å². The Kier molecular flexibility index (Phi) is 7.40. The van der Waals surface area contributed by atoms with Gasteiger partial charge in [0.15, 0.2) is 5.76 Å². The van der Waals surface area contributed by atoms with E-state index in [1.165, 1.54) is 0 Å². The third-order valence-corrected chi connectivity index (χ3v) is 2.47. The Balaban J connectivity index is 4.83. The number of carbonyl (C=O) groups is 1. The summed E-state index contributed by atoms with van der Waals surface area (Å²) in [5.41, 5.74) is 0. The zero-order valence-corrected chi connectivity index (χ0v) is 10.9. The monoisotopic (exact) mass is 248 g/mol. The van der Waals surface area contributed by atoms with E-state index in [9.17, 15) is 4.79 Å². The topological polar surface area (TPSA) is 26.3 Å². The Morgan fingerprint density at radius 1 is 1.00 bits per heavy atom. The maximum absolute atomic E-state index is 11.1. The summed E-state index contributed by atoms with van der Waals surface area (Å²) in [6.07, 6.45) is 6.61. The van der Waals surface area contributed by atoms with E-state index in [1.54, 1.807) is 0 Å². The van der Waals surface area contributed by atoms with E-state index in [1.807, 2.05) is 18.2 Å². The summed E-state index contributed by atoms with van der Waals surface area (Å²) in [5.74, 6) is -0.0839. The highest BCUT2D eigenvalue weighted by molar-refractivity contribution is 5.82. The summed E-state index contributed by atoms with van der Waals surface area (Å²) in [6, 6.07) is 0. The highest BCUT2D eigenvalue weighted by Crippen LogP contribution is 2.13. The second-order valence-electron chi connectivity index (χ2n) is 4.08. The fourth-order valence-corrected chi connectivity index (χ4v) is 1.83. The van der Waals surface area contributed by atoms with Gasteiger partial charge in [0.1, 0.15) is 6.54 Å². The molecule has 18 heavy (non-hydrogen) atoms. The molecule has 0 aromatic carbocycles. The van der Waals surface area contributed by atoms with E-state index in [2.05, 4.69) is 32.9 Å². The first-order valence-corrected chi connectivity index (χ1v) is 5.73. The van der Waals surface area contributed by atoms with Crippen molar-refractivity contribution in [1.29, 1.82) is 0 Å². The van der Waals surface area contributed by atoms with Crippen molar-refractivity contribution in [3.63, 3.8) is 0 Å². The van der Waals surface area contributed by atoms with Gasteiger partial charge in [0.2, 0.25) is 0 Å². The molecule has 0 atom stereocenters. The van der Waals surface area contributed by atoms with E-state index < -0.39 is 5.97 Å². The van der Waals surface area contributed by atoms with Crippen LogP contribution in [0.25, 0.3) is 0 Å². The van der Waals surface area contributed by atoms with Crippen molar-refractivity contribution in [2.45, 2.75) is 0 Å². The van der Waals surface area contributed by atoms with Crippen LogP contribution in [0.2, 0.25) is 0 Å². The molecule has 0 rings (SSSR count). The van der Waals surface area contributed by atoms with E-state index in [-0.39, 0.29) is 0 Å². The molecule has 0 spiro atoms. The minimum Gasteiger partial charge on any atom is -0.422 e. The van der Waals surface area contributed by atoms with Gasteiger partial charge in [-0.3, -0.25) is 0 Å². The van der Waals surface area contributed by atoms with Crippen LogP contribution in [0.3, 0.4) is 0 Å². The molecular formula is C15H22NO2+. The van der Waals surface area contributed by atoms with Crippen molar-refractivity contribution in [3.8, 4) is 0 Å². The number of ether oxygens (including phenoxy) is 1. The molecule has 3 nitrogen and oxygen atoms in total. The number of quaternary nitrogens is 1. The highest BCUT2D eigenvalue weighted by atomic mass is 16.5. The summed E-state index contributed by atoms with van der Waals surface area (Å²) >= 11 is 0. The van der Waals surface area contributed by atoms with Crippen LogP contribution >= 0.6 is 0 Å². The molecule has 0 bridgehead atoms. The molecule has 0 aliphatic heterocycles. The summed E-state index contributed by atoms with van der Waals surface area (Å²) < 4.78 is 5.63. The minimum atomic E-state index is -0.492. The highest BCUT2D eigenvalue weighted by Gasteiger charge is 2.25. The predicted octanol–water partition coefficient (Wildman–Crippen LogP) is 2.60. The van der Waals surface area contributed by atoms with Gasteiger partial charge in [-0.2, -0.15) is 0 Å². The van der Waals surface area contributed by atoms with Crippen LogP contribution < -0.4 is 0 Å². The molecule has 0 saturated heterocycles. The summed E-state index contributed by atoms with van der Waals surface area (Å²) in [7, 11) is 0. The number of hydrogen-bond donors (Lipinski definition) is 0. The Morgan fingerprint density at radius 3 is 1.78 bits per heavy atom. The SMILES string of the molecule is C=CC[N+](CC=C)(CC=C)CC(=C)OC(=O)C=C. The Labute approximate surface area is 110 Å². The van der Waals surface area contributed by atoms with Crippen molar-refractivity contribution < 1.29 is 14.0 Å². The van der Waals surface area contributed by atoms with E-state index >= 15 is 0 Å². The lowest BCUT2D eigenvalue weighted by Gasteiger charge is -2.36. The van der Waals surface area contributed by atoms with Crippen LogP contribution in [-0.2, 0) is 9.53 Å². The predicted molar refractivity (Wildman–Crippen MR) is 75.7 cm³/mol. The minimum absolute atomic E-state index is 0.408. The van der Waals surface area contributed by atoms with Crippen molar-refractivity contribution in [3.05, 3.63) is 63.0 Å². The molecule has 0 unspecified atom stereocenters. The van der Waals surface area contributed by atoms with Gasteiger partial charge in [-0.25, -0.2) is 4.79 Å². The largest absolute Gasteiger partial charge is 0.422 e. The molecule has 0 aliphatic rings. The first kappa shape index (κ1) is 16.1. The van der Waals surface area contributed by atoms with Gasteiger partial charge < -0.3 is 9.22 Å². The van der Waals surface area contributed by atoms with E-state index in [0.717, 1.165) is 25.7 Å². The van der Waals surface area contributed by atoms with Crippen molar-refractivity contribution in [1.82, 2.24) is 0 Å². The average Bonchev–Trinajstić information content (AvgIpc) is 2.29. The fraction of sp³-hybridized carbons (Fsp3) is 0.267.